The molecular weight excluding hydrogens is 183 g/mol. The number of nitrogens with zero attached hydrogens (tertiary/aromatic N) is 1. The molecule has 1 heterocycles. The van der Waals surface area contributed by atoms with E-state index in [-0.39, 0.29) is 23.9 Å². The largest absolute Gasteiger partial charge is 0.286 e. The topological polar surface area (TPSA) is 28.7 Å². The van der Waals surface area contributed by atoms with Gasteiger partial charge in [-0.05, 0) is 6.07 Å². The molecule has 6 heavy (non-hydrogen) atoms. The predicted molar refractivity (Wildman–Crippen MR) is 27.1 cm³/mol. The van der Waals surface area contributed by atoms with Crippen LogP contribution in [0, 0.1) is 0 Å². The molecule has 0 amide bonds. The fourth-order valence-corrected chi connectivity index (χ4v) is 0.215. The number of H-pyrrole nitrogens is 1. The van der Waals surface area contributed by atoms with Gasteiger partial charge in [0.25, 0.3) is 0 Å². The molecule has 0 aromatic carbocycles. The summed E-state index contributed by atoms with van der Waals surface area (Å²) in [5, 5.41) is 6.21. The first kappa shape index (κ1) is 6.01. The number of hydrogen-bond donors (Lipinski definition) is 1. The summed E-state index contributed by atoms with van der Waals surface area (Å²) < 4.78 is 0. The third-order valence-corrected chi connectivity index (χ3v) is 0.406. The van der Waals surface area contributed by atoms with Crippen LogP contribution >= 0.6 is 0 Å². The summed E-state index contributed by atoms with van der Waals surface area (Å²) in [7, 11) is 0. The van der Waals surface area contributed by atoms with Crippen LogP contribution in [-0.2, 0) is 0 Å². The zero-order valence-corrected chi connectivity index (χ0v) is 7.42. The van der Waals surface area contributed by atoms with Crippen LogP contribution in [0.5, 0.6) is 0 Å². The van der Waals surface area contributed by atoms with Crippen molar-refractivity contribution in [3.05, 3.63) is 18.5 Å². The van der Waals surface area contributed by atoms with Crippen molar-refractivity contribution in [1.82, 2.24) is 10.2 Å². The van der Waals surface area contributed by atoms with Crippen LogP contribution in [0.25, 0.3) is 0 Å². The number of nitrogens with one attached hydrogen (secondary N) is 1. The Labute approximate surface area is 52.9 Å². The Balaban J connectivity index is 0.000000250. The Morgan fingerprint density at radius 1 is 1.50 bits per heavy atom. The van der Waals surface area contributed by atoms with E-state index in [4.69, 9.17) is 0 Å². The smallest absolute Gasteiger partial charge is 0.0487 e. The number of aromatic nitrogens is 2. The second-order valence-electron chi connectivity index (χ2n) is 0.766. The van der Waals surface area contributed by atoms with Gasteiger partial charge in [-0.3, -0.25) is 5.10 Å². The molecule has 0 saturated carbocycles. The predicted octanol–water partition coefficient (Wildman–Crippen LogP) is -0.507. The monoisotopic (exact) mass is 190 g/mol. The van der Waals surface area contributed by atoms with Crippen molar-refractivity contribution in [2.24, 2.45) is 0 Å². The number of hydrogen-bond acceptors (Lipinski definition) is 1. The Hall–Kier alpha value is 0.00870. The molecule has 0 aliphatic carbocycles. The molecule has 0 bridgehead atoms. The van der Waals surface area contributed by atoms with Gasteiger partial charge in [0.05, 0.1) is 0 Å². The van der Waals surface area contributed by atoms with E-state index in [0.717, 1.165) is 0 Å². The summed E-state index contributed by atoms with van der Waals surface area (Å²) in [5.74, 6) is 0. The first-order valence-corrected chi connectivity index (χ1v) is 1.44. The Kier molecular flexibility index (Phi) is 3.21. The quantitative estimate of drug-likeness (QED) is 0.547. The molecule has 0 aliphatic rings. The molecule has 0 fully saturated rings. The zero-order chi connectivity index (χ0) is 3.54. The van der Waals surface area contributed by atoms with Crippen LogP contribution in [-0.4, -0.2) is 34.1 Å². The molecule has 32 valence electrons. The van der Waals surface area contributed by atoms with E-state index in [1.165, 1.54) is 0 Å². The number of rotatable bonds is 0. The standard InChI is InChI=1S/C3H4N2.Sn.2H/c1-2-4-5-3-1;;;/h1-3H,(H,4,5);;;. The molecular formula is C3H6N2Sn. The normalized spacial score (nSPS) is 6.67. The zero-order valence-electron chi connectivity index (χ0n) is 3.39. The van der Waals surface area contributed by atoms with Crippen LogP contribution in [0.3, 0.4) is 0 Å². The van der Waals surface area contributed by atoms with Crippen molar-refractivity contribution in [2.75, 3.05) is 0 Å². The molecule has 0 atom stereocenters. The van der Waals surface area contributed by atoms with Crippen LogP contribution in [0.15, 0.2) is 18.5 Å². The molecule has 1 rings (SSSR count). The molecule has 1 aromatic rings. The van der Waals surface area contributed by atoms with Crippen molar-refractivity contribution in [3.63, 3.8) is 0 Å². The van der Waals surface area contributed by atoms with Crippen molar-refractivity contribution >= 4 is 23.9 Å². The van der Waals surface area contributed by atoms with Crippen molar-refractivity contribution in [3.8, 4) is 0 Å². The van der Waals surface area contributed by atoms with Gasteiger partial charge < -0.3 is 0 Å². The van der Waals surface area contributed by atoms with E-state index < -0.39 is 0 Å². The minimum absolute atomic E-state index is 0. The van der Waals surface area contributed by atoms with Crippen molar-refractivity contribution in [2.45, 2.75) is 0 Å². The van der Waals surface area contributed by atoms with Gasteiger partial charge in [0, 0.05) is 12.4 Å². The van der Waals surface area contributed by atoms with E-state index >= 15 is 0 Å². The summed E-state index contributed by atoms with van der Waals surface area (Å²) in [4.78, 5) is 0. The van der Waals surface area contributed by atoms with Crippen molar-refractivity contribution in [1.29, 1.82) is 0 Å². The summed E-state index contributed by atoms with van der Waals surface area (Å²) in [6.07, 6.45) is 3.46. The average Bonchev–Trinajstić information content (AvgIpc) is 1.76. The molecule has 2 radical (unpaired) electrons. The maximum atomic E-state index is 3.60. The fraction of sp³-hybridized carbons (Fsp3) is 0. The van der Waals surface area contributed by atoms with Gasteiger partial charge >= 0.3 is 23.9 Å². The van der Waals surface area contributed by atoms with E-state index in [0.29, 0.717) is 0 Å². The Morgan fingerprint density at radius 2 is 2.33 bits per heavy atom. The van der Waals surface area contributed by atoms with Crippen LogP contribution in [0.1, 0.15) is 0 Å². The Morgan fingerprint density at radius 3 is 2.50 bits per heavy atom. The summed E-state index contributed by atoms with van der Waals surface area (Å²) >= 11 is 0. The van der Waals surface area contributed by atoms with Gasteiger partial charge in [0.15, 0.2) is 0 Å². The maximum absolute atomic E-state index is 3.60. The SMILES string of the molecule is [SnH2].c1cn[nH]c1. The molecule has 0 aliphatic heterocycles. The third-order valence-electron chi connectivity index (χ3n) is 0.406. The van der Waals surface area contributed by atoms with Gasteiger partial charge in [-0.15, -0.1) is 0 Å². The molecule has 0 unspecified atom stereocenters. The molecule has 0 saturated heterocycles. The molecule has 2 nitrogen and oxygen atoms in total. The molecule has 1 aromatic heterocycles. The third kappa shape index (κ3) is 1.45. The summed E-state index contributed by atoms with van der Waals surface area (Å²) in [6.45, 7) is 0. The van der Waals surface area contributed by atoms with Gasteiger partial charge in [-0.25, -0.2) is 0 Å². The van der Waals surface area contributed by atoms with Gasteiger partial charge in [-0.1, -0.05) is 0 Å². The molecule has 3 heteroatoms. The van der Waals surface area contributed by atoms with Gasteiger partial charge in [-0.2, -0.15) is 5.10 Å². The summed E-state index contributed by atoms with van der Waals surface area (Å²) in [6, 6.07) is 1.83. The van der Waals surface area contributed by atoms with E-state index in [2.05, 4.69) is 10.2 Å². The first-order valence-electron chi connectivity index (χ1n) is 1.44. The van der Waals surface area contributed by atoms with Crippen LogP contribution < -0.4 is 0 Å². The minimum Gasteiger partial charge on any atom is -0.286 e. The second kappa shape index (κ2) is 3.21. The van der Waals surface area contributed by atoms with Crippen molar-refractivity contribution < 1.29 is 0 Å². The van der Waals surface area contributed by atoms with Crippen LogP contribution in [0.2, 0.25) is 0 Å². The van der Waals surface area contributed by atoms with E-state index in [9.17, 15) is 0 Å². The molecule has 0 spiro atoms. The average molecular weight is 189 g/mol. The van der Waals surface area contributed by atoms with E-state index in [1.807, 2.05) is 6.07 Å². The first-order chi connectivity index (χ1) is 2.50. The fourth-order valence-electron chi connectivity index (χ4n) is 0.215. The second-order valence-corrected chi connectivity index (χ2v) is 0.766. The van der Waals surface area contributed by atoms with Crippen LogP contribution in [0.4, 0.5) is 0 Å². The molecule has 1 N–H and O–H groups in total. The summed E-state index contributed by atoms with van der Waals surface area (Å²) in [5.41, 5.74) is 0. The number of aromatic amines is 1. The van der Waals surface area contributed by atoms with Gasteiger partial charge in [0.1, 0.15) is 0 Å². The van der Waals surface area contributed by atoms with Gasteiger partial charge in [0.2, 0.25) is 0 Å². The maximum Gasteiger partial charge on any atom is 0.0487 e. The minimum atomic E-state index is 0. The van der Waals surface area contributed by atoms with E-state index in [1.54, 1.807) is 12.4 Å². The Bertz CT molecular complexity index is 65.3.